The van der Waals surface area contributed by atoms with Crippen LogP contribution in [0, 0.1) is 0 Å². The Bertz CT molecular complexity index is 1090. The van der Waals surface area contributed by atoms with Crippen molar-refractivity contribution in [2.24, 2.45) is 0 Å². The van der Waals surface area contributed by atoms with Crippen LogP contribution >= 0.6 is 7.82 Å². The molecule has 0 saturated heterocycles. The number of esters is 1. The van der Waals surface area contributed by atoms with Crippen molar-refractivity contribution in [2.75, 3.05) is 33.0 Å². The number of carbonyl (C=O) groups is 1. The van der Waals surface area contributed by atoms with Gasteiger partial charge in [0, 0.05) is 13.0 Å². The van der Waals surface area contributed by atoms with Crippen molar-refractivity contribution in [3.63, 3.8) is 0 Å². The van der Waals surface area contributed by atoms with Gasteiger partial charge in [-0.3, -0.25) is 13.8 Å². The minimum Gasteiger partial charge on any atom is -0.457 e. The van der Waals surface area contributed by atoms with Gasteiger partial charge in [0.25, 0.3) is 0 Å². The molecule has 0 aromatic carbocycles. The lowest BCUT2D eigenvalue weighted by atomic mass is 10.0. The zero-order chi connectivity index (χ0) is 48.1. The molecule has 66 heavy (non-hydrogen) atoms. The number of hydrogen-bond acceptors (Lipinski definition) is 8. The summed E-state index contributed by atoms with van der Waals surface area (Å²) in [6, 6.07) is 0. The number of ether oxygens (including phenoxy) is 2. The van der Waals surface area contributed by atoms with Crippen LogP contribution in [0.2, 0.25) is 0 Å². The van der Waals surface area contributed by atoms with Crippen molar-refractivity contribution >= 4 is 13.8 Å². The van der Waals surface area contributed by atoms with Crippen molar-refractivity contribution in [2.45, 2.75) is 296 Å². The highest BCUT2D eigenvalue weighted by Crippen LogP contribution is 2.43. The topological polar surface area (TPSA) is 132 Å². The van der Waals surface area contributed by atoms with E-state index in [4.69, 9.17) is 23.6 Å². The Morgan fingerprint density at radius 2 is 0.818 bits per heavy atom. The Hall–Kier alpha value is -1.06. The van der Waals surface area contributed by atoms with Crippen LogP contribution in [-0.2, 0) is 27.9 Å². The summed E-state index contributed by atoms with van der Waals surface area (Å²) in [6.45, 7) is 3.58. The monoisotopic (exact) mass is 957 g/mol. The van der Waals surface area contributed by atoms with Gasteiger partial charge in [-0.15, -0.1) is 0 Å². The Labute approximate surface area is 408 Å². The Kier molecular flexibility index (Phi) is 52.4. The first-order valence-electron chi connectivity index (χ1n) is 28.3. The zero-order valence-electron chi connectivity index (χ0n) is 43.4. The minimum absolute atomic E-state index is 0.0541. The summed E-state index contributed by atoms with van der Waals surface area (Å²) in [5.74, 6) is -0.378. The summed E-state index contributed by atoms with van der Waals surface area (Å²) in [4.78, 5) is 22.8. The van der Waals surface area contributed by atoms with E-state index in [-0.39, 0.29) is 25.6 Å². The number of aliphatic hydroxyl groups is 2. The van der Waals surface area contributed by atoms with E-state index in [1.165, 1.54) is 225 Å². The van der Waals surface area contributed by atoms with Crippen molar-refractivity contribution in [1.29, 1.82) is 0 Å². The van der Waals surface area contributed by atoms with Gasteiger partial charge in [-0.1, -0.05) is 256 Å². The summed E-state index contributed by atoms with van der Waals surface area (Å²) in [5.41, 5.74) is 0. The predicted octanol–water partition coefficient (Wildman–Crippen LogP) is 16.9. The molecule has 0 aromatic rings. The molecular weight excluding hydrogens is 848 g/mol. The van der Waals surface area contributed by atoms with Crippen molar-refractivity contribution < 1.29 is 43.0 Å². The molecule has 0 fully saturated rings. The third kappa shape index (κ3) is 52.3. The molecule has 0 saturated carbocycles. The van der Waals surface area contributed by atoms with Crippen LogP contribution in [0.25, 0.3) is 0 Å². The molecule has 0 heterocycles. The maximum absolute atomic E-state index is 12.7. The standard InChI is InChI=1S/C56H109O9P/c1-3-5-7-9-11-13-15-17-19-21-23-25-27-28-30-32-34-36-38-40-42-44-46-48-56(59)65-55(53-64-66(60,61)63-51-54(58)50-57)52-62-49-47-45-43-41-39-37-35-33-31-29-26-24-22-20-18-16-14-12-10-8-6-4-2/h15,17,21,23,54-55,57-58H,3-14,16,18-20,22,24-53H2,1-2H3,(H,60,61)/b17-15-,23-21-. The first-order valence-corrected chi connectivity index (χ1v) is 29.8. The molecule has 0 rings (SSSR count). The highest BCUT2D eigenvalue weighted by Gasteiger charge is 2.26. The van der Waals surface area contributed by atoms with Gasteiger partial charge in [0.15, 0.2) is 0 Å². The zero-order valence-corrected chi connectivity index (χ0v) is 44.3. The van der Waals surface area contributed by atoms with Crippen LogP contribution in [0.5, 0.6) is 0 Å². The largest absolute Gasteiger partial charge is 0.472 e. The second-order valence-corrected chi connectivity index (χ2v) is 20.8. The SMILES string of the molecule is CCCCCCC/C=C\C/C=C\CCCCCCCCCCCCCC(=O)OC(COCCCCCCCCCCCCCCCCCCCCCCCC)COP(=O)(O)OCC(O)CO. The molecule has 0 bridgehead atoms. The number of unbranched alkanes of at least 4 members (excludes halogenated alkanes) is 37. The fourth-order valence-corrected chi connectivity index (χ4v) is 9.12. The smallest absolute Gasteiger partial charge is 0.457 e. The van der Waals surface area contributed by atoms with E-state index < -0.39 is 33.2 Å². The number of phosphoric ester groups is 1. The molecule has 392 valence electrons. The van der Waals surface area contributed by atoms with E-state index >= 15 is 0 Å². The van der Waals surface area contributed by atoms with Crippen molar-refractivity contribution in [3.8, 4) is 0 Å². The van der Waals surface area contributed by atoms with Gasteiger partial charge in [0.2, 0.25) is 0 Å². The third-order valence-corrected chi connectivity index (χ3v) is 13.6. The van der Waals surface area contributed by atoms with E-state index in [1.54, 1.807) is 0 Å². The molecule has 0 aliphatic rings. The van der Waals surface area contributed by atoms with Crippen LogP contribution in [0.4, 0.5) is 0 Å². The van der Waals surface area contributed by atoms with Crippen molar-refractivity contribution in [3.05, 3.63) is 24.3 Å². The van der Waals surface area contributed by atoms with Gasteiger partial charge < -0.3 is 24.6 Å². The van der Waals surface area contributed by atoms with Gasteiger partial charge in [0.1, 0.15) is 12.2 Å². The molecule has 3 N–H and O–H groups in total. The van der Waals surface area contributed by atoms with Crippen LogP contribution in [0.3, 0.4) is 0 Å². The predicted molar refractivity (Wildman–Crippen MR) is 279 cm³/mol. The van der Waals surface area contributed by atoms with Gasteiger partial charge >= 0.3 is 13.8 Å². The van der Waals surface area contributed by atoms with E-state index in [0.29, 0.717) is 6.61 Å². The highest BCUT2D eigenvalue weighted by atomic mass is 31.2. The molecule has 0 aliphatic carbocycles. The van der Waals surface area contributed by atoms with Gasteiger partial charge in [-0.05, 0) is 44.9 Å². The fourth-order valence-electron chi connectivity index (χ4n) is 8.33. The van der Waals surface area contributed by atoms with Gasteiger partial charge in [-0.2, -0.15) is 0 Å². The molecule has 9 nitrogen and oxygen atoms in total. The van der Waals surface area contributed by atoms with Gasteiger partial charge in [-0.25, -0.2) is 4.57 Å². The molecule has 0 amide bonds. The molecule has 3 atom stereocenters. The van der Waals surface area contributed by atoms with E-state index in [9.17, 15) is 19.4 Å². The molecule has 0 aromatic heterocycles. The average molecular weight is 957 g/mol. The van der Waals surface area contributed by atoms with Crippen LogP contribution in [0.15, 0.2) is 24.3 Å². The quantitative estimate of drug-likeness (QED) is 0.0236. The molecule has 0 spiro atoms. The number of allylic oxidation sites excluding steroid dienone is 4. The summed E-state index contributed by atoms with van der Waals surface area (Å²) in [5, 5.41) is 18.5. The Balaban J connectivity index is 3.99. The molecule has 10 heteroatoms. The number of aliphatic hydroxyl groups excluding tert-OH is 2. The number of phosphoric acid groups is 1. The Morgan fingerprint density at radius 3 is 1.21 bits per heavy atom. The second-order valence-electron chi connectivity index (χ2n) is 19.3. The van der Waals surface area contributed by atoms with E-state index in [1.807, 2.05) is 0 Å². The maximum atomic E-state index is 12.7. The maximum Gasteiger partial charge on any atom is 0.472 e. The summed E-state index contributed by atoms with van der Waals surface area (Å²) >= 11 is 0. The van der Waals surface area contributed by atoms with Crippen LogP contribution < -0.4 is 0 Å². The normalized spacial score (nSPS) is 13.8. The average Bonchev–Trinajstić information content (AvgIpc) is 3.31. The number of carbonyl (C=O) groups excluding carboxylic acids is 1. The number of hydrogen-bond donors (Lipinski definition) is 3. The van der Waals surface area contributed by atoms with E-state index in [2.05, 4.69) is 38.2 Å². The summed E-state index contributed by atoms with van der Waals surface area (Å²) in [6.07, 6.45) is 60.1. The molecule has 0 radical (unpaired) electrons. The first-order chi connectivity index (χ1) is 32.3. The molecule has 0 aliphatic heterocycles. The second kappa shape index (κ2) is 53.3. The minimum atomic E-state index is -4.52. The first kappa shape index (κ1) is 64.9. The highest BCUT2D eigenvalue weighted by molar-refractivity contribution is 7.47. The lowest BCUT2D eigenvalue weighted by molar-refractivity contribution is -0.154. The third-order valence-electron chi connectivity index (χ3n) is 12.6. The van der Waals surface area contributed by atoms with E-state index in [0.717, 1.165) is 38.5 Å². The van der Waals surface area contributed by atoms with Crippen molar-refractivity contribution in [1.82, 2.24) is 0 Å². The molecular formula is C56H109O9P. The lowest BCUT2D eigenvalue weighted by Crippen LogP contribution is -2.29. The Morgan fingerprint density at radius 1 is 0.470 bits per heavy atom. The number of rotatable bonds is 55. The summed E-state index contributed by atoms with van der Waals surface area (Å²) < 4.78 is 33.6. The summed E-state index contributed by atoms with van der Waals surface area (Å²) in [7, 11) is -4.52. The van der Waals surface area contributed by atoms with Crippen LogP contribution in [-0.4, -0.2) is 66.3 Å². The lowest BCUT2D eigenvalue weighted by Gasteiger charge is -2.20. The van der Waals surface area contributed by atoms with Gasteiger partial charge in [0.05, 0.1) is 26.4 Å². The molecule has 3 unspecified atom stereocenters. The fraction of sp³-hybridized carbons (Fsp3) is 0.911. The van der Waals surface area contributed by atoms with Crippen LogP contribution in [0.1, 0.15) is 284 Å².